The van der Waals surface area contributed by atoms with Gasteiger partial charge in [0.2, 0.25) is 0 Å². The molecule has 6 heteroatoms. The van der Waals surface area contributed by atoms with Gasteiger partial charge < -0.3 is 4.42 Å². The van der Waals surface area contributed by atoms with Crippen LogP contribution in [0, 0.1) is 0 Å². The van der Waals surface area contributed by atoms with Crippen LogP contribution in [0.15, 0.2) is 59.3 Å². The lowest BCUT2D eigenvalue weighted by molar-refractivity contribution is 0.0958. The van der Waals surface area contributed by atoms with Gasteiger partial charge in [0, 0.05) is 30.5 Å². The van der Waals surface area contributed by atoms with E-state index >= 15 is 0 Å². The lowest BCUT2D eigenvalue weighted by Crippen LogP contribution is -2.21. The third-order valence-corrected chi connectivity index (χ3v) is 4.56. The molecule has 0 fully saturated rings. The Morgan fingerprint density at radius 2 is 1.92 bits per heavy atom. The number of furan rings is 1. The zero-order valence-corrected chi connectivity index (χ0v) is 13.3. The van der Waals surface area contributed by atoms with Crippen molar-refractivity contribution in [2.24, 2.45) is 0 Å². The monoisotopic (exact) mass is 330 g/mol. The minimum absolute atomic E-state index is 0.0291. The number of nitrogens with zero attached hydrogens (tertiary/aromatic N) is 4. The number of ketones is 1. The highest BCUT2D eigenvalue weighted by Gasteiger charge is 2.30. The summed E-state index contributed by atoms with van der Waals surface area (Å²) in [6.45, 7) is 0. The number of aromatic nitrogens is 4. The summed E-state index contributed by atoms with van der Waals surface area (Å²) in [7, 11) is 0. The molecule has 4 aromatic rings. The first-order valence-electron chi connectivity index (χ1n) is 8.16. The highest BCUT2D eigenvalue weighted by atomic mass is 16.3. The van der Waals surface area contributed by atoms with E-state index in [-0.39, 0.29) is 11.7 Å². The van der Waals surface area contributed by atoms with Crippen molar-refractivity contribution in [1.29, 1.82) is 0 Å². The number of fused-ring (bicyclic) bond motifs is 2. The van der Waals surface area contributed by atoms with Gasteiger partial charge in [-0.15, -0.1) is 5.10 Å². The molecular weight excluding hydrogens is 316 g/mol. The quantitative estimate of drug-likeness (QED) is 0.564. The Kier molecular flexibility index (Phi) is 3.03. The van der Waals surface area contributed by atoms with Crippen LogP contribution in [0.2, 0.25) is 0 Å². The zero-order valence-electron chi connectivity index (χ0n) is 13.3. The molecule has 1 aliphatic carbocycles. The highest BCUT2D eigenvalue weighted by molar-refractivity contribution is 5.98. The molecule has 6 nitrogen and oxygen atoms in total. The summed E-state index contributed by atoms with van der Waals surface area (Å²) in [5.74, 6) is 2.03. The standard InChI is InChI=1S/C19H14N4O2/c24-16-10-13(17-7-4-8-25-17)9-15-14(16)11-23-19(20-15)21-18(22-23)12-5-2-1-3-6-12/h1-8,11,13H,9-10H2/t13-/m1/s1. The van der Waals surface area contributed by atoms with Crippen LogP contribution in [0.4, 0.5) is 0 Å². The minimum Gasteiger partial charge on any atom is -0.469 e. The molecule has 3 heterocycles. The normalized spacial score (nSPS) is 17.0. The molecule has 0 saturated heterocycles. The summed E-state index contributed by atoms with van der Waals surface area (Å²) in [5.41, 5.74) is 2.31. The van der Waals surface area contributed by atoms with Gasteiger partial charge in [-0.05, 0) is 12.1 Å². The lowest BCUT2D eigenvalue weighted by Gasteiger charge is -2.20. The number of hydrogen-bond acceptors (Lipinski definition) is 5. The van der Waals surface area contributed by atoms with E-state index in [9.17, 15) is 4.79 Å². The maximum atomic E-state index is 12.6. The van der Waals surface area contributed by atoms with Crippen molar-refractivity contribution in [3.8, 4) is 11.4 Å². The molecule has 1 atom stereocenters. The molecule has 1 aromatic carbocycles. The molecule has 0 saturated carbocycles. The van der Waals surface area contributed by atoms with E-state index in [1.807, 2.05) is 42.5 Å². The Morgan fingerprint density at radius 3 is 2.72 bits per heavy atom. The van der Waals surface area contributed by atoms with Crippen LogP contribution >= 0.6 is 0 Å². The van der Waals surface area contributed by atoms with Crippen LogP contribution in [-0.4, -0.2) is 25.4 Å². The van der Waals surface area contributed by atoms with Gasteiger partial charge >= 0.3 is 0 Å². The summed E-state index contributed by atoms with van der Waals surface area (Å²) in [6, 6.07) is 13.5. The van der Waals surface area contributed by atoms with Gasteiger partial charge in [-0.25, -0.2) is 9.50 Å². The van der Waals surface area contributed by atoms with Gasteiger partial charge in [-0.1, -0.05) is 30.3 Å². The fourth-order valence-electron chi connectivity index (χ4n) is 3.32. The minimum atomic E-state index is 0.0291. The second-order valence-electron chi connectivity index (χ2n) is 6.19. The third-order valence-electron chi connectivity index (χ3n) is 4.56. The second kappa shape index (κ2) is 5.37. The van der Waals surface area contributed by atoms with Crippen LogP contribution in [-0.2, 0) is 6.42 Å². The summed E-state index contributed by atoms with van der Waals surface area (Å²) in [4.78, 5) is 21.7. The van der Waals surface area contributed by atoms with Crippen molar-refractivity contribution >= 4 is 11.6 Å². The van der Waals surface area contributed by atoms with E-state index in [4.69, 9.17) is 4.42 Å². The average Bonchev–Trinajstić information content (AvgIpc) is 3.30. The second-order valence-corrected chi connectivity index (χ2v) is 6.19. The van der Waals surface area contributed by atoms with Crippen LogP contribution < -0.4 is 0 Å². The Hall–Kier alpha value is -3.28. The average molecular weight is 330 g/mol. The fourth-order valence-corrected chi connectivity index (χ4v) is 3.32. The molecule has 0 N–H and O–H groups in total. The number of Topliss-reactive ketones (excluding diaryl/α,β-unsaturated/α-hetero) is 1. The van der Waals surface area contributed by atoms with E-state index in [2.05, 4.69) is 15.1 Å². The molecule has 1 aliphatic rings. The van der Waals surface area contributed by atoms with Crippen LogP contribution in [0.25, 0.3) is 17.2 Å². The maximum absolute atomic E-state index is 12.6. The van der Waals surface area contributed by atoms with Gasteiger partial charge in [0.25, 0.3) is 5.78 Å². The Labute approximate surface area is 143 Å². The van der Waals surface area contributed by atoms with Crippen molar-refractivity contribution in [3.63, 3.8) is 0 Å². The van der Waals surface area contributed by atoms with Crippen LogP contribution in [0.3, 0.4) is 0 Å². The predicted octanol–water partition coefficient (Wildman–Crippen LogP) is 3.30. The predicted molar refractivity (Wildman–Crippen MR) is 90.3 cm³/mol. The van der Waals surface area contributed by atoms with E-state index in [0.717, 1.165) is 17.0 Å². The first-order chi connectivity index (χ1) is 12.3. The van der Waals surface area contributed by atoms with Gasteiger partial charge in [0.15, 0.2) is 11.6 Å². The van der Waals surface area contributed by atoms with Gasteiger partial charge in [-0.3, -0.25) is 4.79 Å². The van der Waals surface area contributed by atoms with Gasteiger partial charge in [-0.2, -0.15) is 4.98 Å². The van der Waals surface area contributed by atoms with Crippen molar-refractivity contribution in [3.05, 3.63) is 71.9 Å². The topological polar surface area (TPSA) is 73.3 Å². The van der Waals surface area contributed by atoms with Crippen LogP contribution in [0.1, 0.15) is 34.2 Å². The van der Waals surface area contributed by atoms with E-state index in [1.54, 1.807) is 17.0 Å². The van der Waals surface area contributed by atoms with Crippen molar-refractivity contribution in [1.82, 2.24) is 19.6 Å². The number of benzene rings is 1. The first kappa shape index (κ1) is 14.1. The van der Waals surface area contributed by atoms with E-state index in [0.29, 0.717) is 30.0 Å². The highest BCUT2D eigenvalue weighted by Crippen LogP contribution is 2.32. The smallest absolute Gasteiger partial charge is 0.252 e. The molecular formula is C19H14N4O2. The number of rotatable bonds is 2. The molecule has 0 amide bonds. The molecule has 0 spiro atoms. The fraction of sp³-hybridized carbons (Fsp3) is 0.158. The molecule has 25 heavy (non-hydrogen) atoms. The number of hydrogen-bond donors (Lipinski definition) is 0. The first-order valence-corrected chi connectivity index (χ1v) is 8.16. The molecule has 0 bridgehead atoms. The van der Waals surface area contributed by atoms with E-state index in [1.165, 1.54) is 0 Å². The molecule has 0 radical (unpaired) electrons. The Bertz CT molecular complexity index is 1070. The SMILES string of the molecule is O=C1C[C@H](c2ccco2)Cc2nc3nc(-c4ccccc4)nn3cc21. The largest absolute Gasteiger partial charge is 0.469 e. The van der Waals surface area contributed by atoms with Gasteiger partial charge in [0.05, 0.1) is 17.5 Å². The molecule has 0 unspecified atom stereocenters. The number of carbonyl (C=O) groups excluding carboxylic acids is 1. The lowest BCUT2D eigenvalue weighted by atomic mass is 9.85. The van der Waals surface area contributed by atoms with E-state index < -0.39 is 0 Å². The summed E-state index contributed by atoms with van der Waals surface area (Å²) in [5, 5.41) is 4.47. The van der Waals surface area contributed by atoms with Crippen molar-refractivity contribution < 1.29 is 9.21 Å². The maximum Gasteiger partial charge on any atom is 0.252 e. The van der Waals surface area contributed by atoms with Gasteiger partial charge in [0.1, 0.15) is 5.76 Å². The summed E-state index contributed by atoms with van der Waals surface area (Å²) >= 11 is 0. The van der Waals surface area contributed by atoms with Crippen LogP contribution in [0.5, 0.6) is 0 Å². The Morgan fingerprint density at radius 1 is 1.04 bits per heavy atom. The molecule has 5 rings (SSSR count). The van der Waals surface area contributed by atoms with Crippen molar-refractivity contribution in [2.75, 3.05) is 0 Å². The summed E-state index contributed by atoms with van der Waals surface area (Å²) < 4.78 is 7.06. The molecule has 122 valence electrons. The Balaban J connectivity index is 1.59. The van der Waals surface area contributed by atoms with Crippen molar-refractivity contribution in [2.45, 2.75) is 18.8 Å². The molecule has 0 aliphatic heterocycles. The number of carbonyl (C=O) groups is 1. The summed E-state index contributed by atoms with van der Waals surface area (Å²) in [6.07, 6.45) is 4.47. The zero-order chi connectivity index (χ0) is 16.8. The molecule has 3 aromatic heterocycles. The third kappa shape index (κ3) is 2.34.